The van der Waals surface area contributed by atoms with Crippen molar-refractivity contribution in [2.24, 2.45) is 5.73 Å². The predicted octanol–water partition coefficient (Wildman–Crippen LogP) is 3.19. The van der Waals surface area contributed by atoms with E-state index in [-0.39, 0.29) is 35.5 Å². The first kappa shape index (κ1) is 27.2. The molecule has 1 saturated heterocycles. The fourth-order valence-corrected chi connectivity index (χ4v) is 5.44. The lowest BCUT2D eigenvalue weighted by atomic mass is 10.00. The van der Waals surface area contributed by atoms with Crippen LogP contribution >= 0.6 is 11.5 Å². The second-order valence-corrected chi connectivity index (χ2v) is 10.2. The Bertz CT molecular complexity index is 1550. The van der Waals surface area contributed by atoms with Gasteiger partial charge < -0.3 is 26.4 Å². The summed E-state index contributed by atoms with van der Waals surface area (Å²) in [7, 11) is 0. The number of halogens is 1. The number of nitrogens with two attached hydrogens (primary N) is 2. The zero-order valence-electron chi connectivity index (χ0n) is 21.4. The minimum atomic E-state index is -1.12. The molecule has 0 aliphatic carbocycles. The Labute approximate surface area is 233 Å². The van der Waals surface area contributed by atoms with Crippen molar-refractivity contribution >= 4 is 45.8 Å². The maximum atomic E-state index is 14.1. The van der Waals surface area contributed by atoms with Gasteiger partial charge in [-0.25, -0.2) is 4.39 Å². The van der Waals surface area contributed by atoms with Gasteiger partial charge in [0.25, 0.3) is 11.8 Å². The van der Waals surface area contributed by atoms with Gasteiger partial charge in [-0.3, -0.25) is 19.4 Å². The highest BCUT2D eigenvalue weighted by Crippen LogP contribution is 2.31. The lowest BCUT2D eigenvalue weighted by Crippen LogP contribution is -2.45. The van der Waals surface area contributed by atoms with Crippen molar-refractivity contribution in [3.05, 3.63) is 88.3 Å². The maximum Gasteiger partial charge on any atom is 0.270 e. The number of hydrogen-bond acceptors (Lipinski definition) is 8. The molecule has 3 heterocycles. The van der Waals surface area contributed by atoms with Crippen molar-refractivity contribution in [1.29, 1.82) is 0 Å². The maximum absolute atomic E-state index is 14.1. The molecule has 0 radical (unpaired) electrons. The van der Waals surface area contributed by atoms with Gasteiger partial charge in [0.1, 0.15) is 16.7 Å². The highest BCUT2D eigenvalue weighted by molar-refractivity contribution is 7.09. The molecular weight excluding hydrogens is 535 g/mol. The van der Waals surface area contributed by atoms with Crippen molar-refractivity contribution in [1.82, 2.24) is 19.6 Å². The third kappa shape index (κ3) is 5.77. The van der Waals surface area contributed by atoms with Crippen molar-refractivity contribution in [3.8, 4) is 0 Å². The Morgan fingerprint density at radius 3 is 2.67 bits per heavy atom. The lowest BCUT2D eigenvalue weighted by Gasteiger charge is -2.32. The number of hydrogen-bond donors (Lipinski definition) is 3. The largest absolute Gasteiger partial charge is 0.395 e. The highest BCUT2D eigenvalue weighted by atomic mass is 32.1. The number of amides is 3. The van der Waals surface area contributed by atoms with Crippen molar-refractivity contribution in [2.75, 3.05) is 18.9 Å². The van der Waals surface area contributed by atoms with E-state index in [2.05, 4.69) is 14.7 Å². The molecule has 2 aromatic heterocycles. The van der Waals surface area contributed by atoms with E-state index in [1.54, 1.807) is 30.5 Å². The van der Waals surface area contributed by atoms with Crippen LogP contribution in [0.2, 0.25) is 0 Å². The van der Waals surface area contributed by atoms with E-state index in [1.807, 2.05) is 6.07 Å². The Hall–Kier alpha value is -4.42. The second kappa shape index (κ2) is 11.8. The van der Waals surface area contributed by atoms with Crippen molar-refractivity contribution in [2.45, 2.75) is 31.5 Å². The average Bonchev–Trinajstić information content (AvgIpc) is 3.62. The van der Waals surface area contributed by atoms with Crippen LogP contribution in [0.4, 0.5) is 10.1 Å². The number of rotatable bonds is 9. The average molecular weight is 563 g/mol. The molecule has 0 saturated carbocycles. The number of nitrogen functional groups attached to an aromatic ring is 1. The van der Waals surface area contributed by atoms with Gasteiger partial charge in [-0.2, -0.15) is 4.37 Å². The van der Waals surface area contributed by atoms with Gasteiger partial charge in [-0.1, -0.05) is 24.3 Å². The first-order valence-electron chi connectivity index (χ1n) is 12.7. The molecule has 0 bridgehead atoms. The normalized spacial score (nSPS) is 15.6. The number of aromatic nitrogens is 2. The SMILES string of the molecule is NC(=O)c1nsc(C(=O)N(Cc2ccc(F)cc2)[C@H](C(=O)NC[C@@H]2CCCO2)c2ccc3ncccc3c2)c1N. The quantitative estimate of drug-likeness (QED) is 0.283. The van der Waals surface area contributed by atoms with Gasteiger partial charge in [0, 0.05) is 31.3 Å². The minimum Gasteiger partial charge on any atom is -0.395 e. The molecule has 206 valence electrons. The Kier molecular flexibility index (Phi) is 7.99. The number of primary amides is 1. The van der Waals surface area contributed by atoms with Gasteiger partial charge in [0.15, 0.2) is 5.69 Å². The summed E-state index contributed by atoms with van der Waals surface area (Å²) in [5.41, 5.74) is 12.9. The van der Waals surface area contributed by atoms with Crippen LogP contribution in [0.5, 0.6) is 0 Å². The lowest BCUT2D eigenvalue weighted by molar-refractivity contribution is -0.126. The number of ether oxygens (including phenoxy) is 1. The number of carbonyl (C=O) groups is 3. The van der Waals surface area contributed by atoms with Gasteiger partial charge >= 0.3 is 0 Å². The molecule has 1 aliphatic rings. The van der Waals surface area contributed by atoms with Crippen molar-refractivity contribution in [3.63, 3.8) is 0 Å². The predicted molar refractivity (Wildman–Crippen MR) is 148 cm³/mol. The van der Waals surface area contributed by atoms with E-state index in [4.69, 9.17) is 16.2 Å². The van der Waals surface area contributed by atoms with Crippen LogP contribution < -0.4 is 16.8 Å². The zero-order chi connectivity index (χ0) is 28.2. The first-order valence-corrected chi connectivity index (χ1v) is 13.4. The number of fused-ring (bicyclic) bond motifs is 1. The molecule has 3 amide bonds. The second-order valence-electron chi connectivity index (χ2n) is 9.44. The van der Waals surface area contributed by atoms with E-state index in [0.717, 1.165) is 35.3 Å². The highest BCUT2D eigenvalue weighted by Gasteiger charge is 2.35. The number of nitrogens with zero attached hydrogens (tertiary/aromatic N) is 3. The summed E-state index contributed by atoms with van der Waals surface area (Å²) in [4.78, 5) is 45.4. The molecule has 10 nitrogen and oxygen atoms in total. The Balaban J connectivity index is 1.59. The van der Waals surface area contributed by atoms with Crippen LogP contribution in [0.25, 0.3) is 10.9 Å². The molecule has 5 N–H and O–H groups in total. The monoisotopic (exact) mass is 562 g/mol. The molecule has 1 aliphatic heterocycles. The summed E-state index contributed by atoms with van der Waals surface area (Å²) >= 11 is 0.726. The van der Waals surface area contributed by atoms with E-state index in [0.29, 0.717) is 17.7 Å². The van der Waals surface area contributed by atoms with Gasteiger partial charge in [0.2, 0.25) is 5.91 Å². The molecule has 2 aromatic carbocycles. The summed E-state index contributed by atoms with van der Waals surface area (Å²) in [6, 6.07) is 13.5. The number of pyridine rings is 1. The summed E-state index contributed by atoms with van der Waals surface area (Å²) in [6.07, 6.45) is 3.27. The third-order valence-electron chi connectivity index (χ3n) is 6.71. The fraction of sp³-hybridized carbons (Fsp3) is 0.250. The minimum absolute atomic E-state index is 0.0321. The molecule has 1 fully saturated rings. The Morgan fingerprint density at radius 1 is 1.18 bits per heavy atom. The number of carbonyl (C=O) groups excluding carboxylic acids is 3. The van der Waals surface area contributed by atoms with E-state index >= 15 is 0 Å². The van der Waals surface area contributed by atoms with Crippen LogP contribution in [-0.4, -0.2) is 51.2 Å². The van der Waals surface area contributed by atoms with E-state index in [1.165, 1.54) is 29.2 Å². The third-order valence-corrected chi connectivity index (χ3v) is 7.56. The summed E-state index contributed by atoms with van der Waals surface area (Å²) in [5, 5.41) is 3.72. The Morgan fingerprint density at radius 2 is 1.98 bits per heavy atom. The van der Waals surface area contributed by atoms with Crippen LogP contribution in [0.3, 0.4) is 0 Å². The molecule has 12 heteroatoms. The molecule has 5 rings (SSSR count). The summed E-state index contributed by atoms with van der Waals surface area (Å²) in [6.45, 7) is 0.840. The first-order chi connectivity index (χ1) is 19.3. The van der Waals surface area contributed by atoms with Crippen LogP contribution in [-0.2, 0) is 16.1 Å². The molecular formula is C28H27FN6O4S. The molecule has 0 spiro atoms. The number of benzene rings is 2. The molecule has 2 atom stereocenters. The van der Waals surface area contributed by atoms with E-state index < -0.39 is 29.6 Å². The van der Waals surface area contributed by atoms with Gasteiger partial charge in [-0.05, 0) is 65.8 Å². The smallest absolute Gasteiger partial charge is 0.270 e. The summed E-state index contributed by atoms with van der Waals surface area (Å²) in [5.74, 6) is -2.37. The van der Waals surface area contributed by atoms with Crippen molar-refractivity contribution < 1.29 is 23.5 Å². The fourth-order valence-electron chi connectivity index (χ4n) is 4.68. The standard InChI is InChI=1S/C28H27FN6O4S/c29-19-8-5-16(6-9-19)15-35(28(38)25-22(30)23(26(31)36)34-40-25)24(27(37)33-14-20-4-2-12-39-20)18-7-10-21-17(13-18)3-1-11-32-21/h1,3,5-11,13,20,24H,2,4,12,14-15,30H2,(H2,31,36)(H,33,37)/t20-,24-/m0/s1. The zero-order valence-corrected chi connectivity index (χ0v) is 22.2. The van der Waals surface area contributed by atoms with Crippen LogP contribution in [0.1, 0.15) is 50.2 Å². The molecule has 0 unspecified atom stereocenters. The molecule has 4 aromatic rings. The number of nitrogens with one attached hydrogen (secondary N) is 1. The van der Waals surface area contributed by atoms with Crippen LogP contribution in [0.15, 0.2) is 60.8 Å². The summed E-state index contributed by atoms with van der Waals surface area (Å²) < 4.78 is 23.3. The van der Waals surface area contributed by atoms with E-state index in [9.17, 15) is 18.8 Å². The number of anilines is 1. The topological polar surface area (TPSA) is 154 Å². The van der Waals surface area contributed by atoms with Crippen LogP contribution in [0, 0.1) is 5.82 Å². The molecule has 40 heavy (non-hydrogen) atoms. The van der Waals surface area contributed by atoms with Gasteiger partial charge in [0.05, 0.1) is 17.3 Å². The van der Waals surface area contributed by atoms with Gasteiger partial charge in [-0.15, -0.1) is 0 Å².